The number of amides is 1. The summed E-state index contributed by atoms with van der Waals surface area (Å²) in [6, 6.07) is 16.6. The van der Waals surface area contributed by atoms with Gasteiger partial charge in [-0.15, -0.1) is 0 Å². The Hall–Kier alpha value is -5.84. The average molecular weight is 542 g/mol. The lowest BCUT2D eigenvalue weighted by molar-refractivity contribution is -0.115. The van der Waals surface area contributed by atoms with Crippen LogP contribution in [0, 0.1) is 5.82 Å². The van der Waals surface area contributed by atoms with Gasteiger partial charge in [-0.2, -0.15) is 5.10 Å². The Morgan fingerprint density at radius 2 is 1.73 bits per heavy atom. The van der Waals surface area contributed by atoms with Gasteiger partial charge in [0.05, 0.1) is 34.9 Å². The van der Waals surface area contributed by atoms with Gasteiger partial charge in [-0.3, -0.25) is 24.8 Å². The first-order chi connectivity index (χ1) is 20.1. The van der Waals surface area contributed by atoms with Crippen molar-refractivity contribution >= 4 is 33.7 Å². The Labute approximate surface area is 231 Å². The standard InChI is InChI=1S/C30H20FN9O/c31-25-21(19-13-20(15-33-14-19)36-23(41)12-17-4-2-1-3-5-17)16-35-29-24(25)28(39-40-29)30-37-22-8-11-34-26(27(22)38-30)18-6-9-32-10-7-18/h1-11,13-16H,12H2,(H,36,41)(H,37,38)(H,35,39,40). The van der Waals surface area contributed by atoms with Crippen LogP contribution in [0.25, 0.3) is 56.0 Å². The Morgan fingerprint density at radius 1 is 0.878 bits per heavy atom. The molecule has 1 amide bonds. The van der Waals surface area contributed by atoms with E-state index < -0.39 is 5.82 Å². The largest absolute Gasteiger partial charge is 0.336 e. The lowest BCUT2D eigenvalue weighted by Gasteiger charge is -2.08. The van der Waals surface area contributed by atoms with Crippen LogP contribution >= 0.6 is 0 Å². The number of nitrogens with one attached hydrogen (secondary N) is 3. The summed E-state index contributed by atoms with van der Waals surface area (Å²) in [7, 11) is 0. The summed E-state index contributed by atoms with van der Waals surface area (Å²) in [4.78, 5) is 37.7. The zero-order valence-electron chi connectivity index (χ0n) is 21.3. The van der Waals surface area contributed by atoms with Crippen molar-refractivity contribution in [3.05, 3.63) is 103 Å². The molecule has 0 aliphatic heterocycles. The molecule has 0 spiro atoms. The van der Waals surface area contributed by atoms with E-state index in [1.165, 1.54) is 18.6 Å². The normalized spacial score (nSPS) is 11.2. The second-order valence-electron chi connectivity index (χ2n) is 9.33. The van der Waals surface area contributed by atoms with E-state index in [-0.39, 0.29) is 34.6 Å². The lowest BCUT2D eigenvalue weighted by Crippen LogP contribution is -2.14. The predicted octanol–water partition coefficient (Wildman–Crippen LogP) is 5.34. The molecule has 0 radical (unpaired) electrons. The van der Waals surface area contributed by atoms with Gasteiger partial charge in [-0.25, -0.2) is 14.4 Å². The number of fused-ring (bicyclic) bond motifs is 2. The van der Waals surface area contributed by atoms with Gasteiger partial charge in [0, 0.05) is 47.7 Å². The minimum absolute atomic E-state index is 0.179. The number of carbonyl (C=O) groups excluding carboxylic acids is 1. The van der Waals surface area contributed by atoms with Crippen LogP contribution in [0.1, 0.15) is 5.56 Å². The first kappa shape index (κ1) is 24.2. The first-order valence-electron chi connectivity index (χ1n) is 12.7. The van der Waals surface area contributed by atoms with Crippen molar-refractivity contribution in [1.29, 1.82) is 0 Å². The van der Waals surface area contributed by atoms with Crippen LogP contribution in [0.3, 0.4) is 0 Å². The van der Waals surface area contributed by atoms with Crippen molar-refractivity contribution in [3.8, 4) is 33.9 Å². The quantitative estimate of drug-likeness (QED) is 0.258. The summed E-state index contributed by atoms with van der Waals surface area (Å²) < 4.78 is 16.1. The molecular weight excluding hydrogens is 521 g/mol. The number of nitrogens with zero attached hydrogens (tertiary/aromatic N) is 6. The first-order valence-corrected chi connectivity index (χ1v) is 12.7. The second-order valence-corrected chi connectivity index (χ2v) is 9.33. The van der Waals surface area contributed by atoms with E-state index >= 15 is 4.39 Å². The molecule has 11 heteroatoms. The molecule has 7 aromatic rings. The Bertz CT molecular complexity index is 2040. The molecule has 0 aliphatic carbocycles. The molecule has 0 saturated carbocycles. The molecule has 0 bridgehead atoms. The number of hydrogen-bond donors (Lipinski definition) is 3. The number of carbonyl (C=O) groups is 1. The monoisotopic (exact) mass is 541 g/mol. The van der Waals surface area contributed by atoms with Crippen LogP contribution in [0.4, 0.5) is 10.1 Å². The van der Waals surface area contributed by atoms with E-state index in [0.717, 1.165) is 16.6 Å². The zero-order valence-corrected chi connectivity index (χ0v) is 21.3. The lowest BCUT2D eigenvalue weighted by atomic mass is 10.1. The Balaban J connectivity index is 1.24. The van der Waals surface area contributed by atoms with Gasteiger partial charge in [-0.1, -0.05) is 30.3 Å². The minimum Gasteiger partial charge on any atom is -0.336 e. The number of H-pyrrole nitrogens is 2. The Morgan fingerprint density at radius 3 is 2.59 bits per heavy atom. The molecule has 1 aromatic carbocycles. The van der Waals surface area contributed by atoms with E-state index in [2.05, 4.69) is 40.4 Å². The van der Waals surface area contributed by atoms with Crippen molar-refractivity contribution < 1.29 is 9.18 Å². The van der Waals surface area contributed by atoms with Crippen molar-refractivity contribution in [2.24, 2.45) is 0 Å². The maximum Gasteiger partial charge on any atom is 0.228 e. The number of aromatic amines is 2. The number of imidazole rings is 1. The SMILES string of the molecule is O=C(Cc1ccccc1)Nc1cncc(-c2cnc3[nH]nc(-c4nc5c(-c6ccncc6)nccc5[nH]4)c3c2F)c1. The summed E-state index contributed by atoms with van der Waals surface area (Å²) in [6.45, 7) is 0. The van der Waals surface area contributed by atoms with Gasteiger partial charge < -0.3 is 10.3 Å². The third kappa shape index (κ3) is 4.55. The molecule has 6 heterocycles. The van der Waals surface area contributed by atoms with E-state index in [0.29, 0.717) is 28.3 Å². The molecule has 7 rings (SSSR count). The van der Waals surface area contributed by atoms with Crippen LogP contribution in [-0.2, 0) is 11.2 Å². The third-order valence-electron chi connectivity index (χ3n) is 6.65. The maximum atomic E-state index is 16.1. The molecule has 41 heavy (non-hydrogen) atoms. The third-order valence-corrected chi connectivity index (χ3v) is 6.65. The Kier molecular flexibility index (Phi) is 5.93. The summed E-state index contributed by atoms with van der Waals surface area (Å²) >= 11 is 0. The summed E-state index contributed by atoms with van der Waals surface area (Å²) in [5.74, 6) is -0.375. The maximum absolute atomic E-state index is 16.1. The molecule has 0 fully saturated rings. The van der Waals surface area contributed by atoms with Crippen molar-refractivity contribution in [3.63, 3.8) is 0 Å². The highest BCUT2D eigenvalue weighted by Crippen LogP contribution is 2.34. The highest BCUT2D eigenvalue weighted by Gasteiger charge is 2.21. The van der Waals surface area contributed by atoms with Gasteiger partial charge in [-0.05, 0) is 29.8 Å². The molecule has 0 aliphatic rings. The number of halogens is 1. The number of rotatable bonds is 6. The van der Waals surface area contributed by atoms with Gasteiger partial charge in [0.15, 0.2) is 11.5 Å². The van der Waals surface area contributed by atoms with Crippen LogP contribution in [0.2, 0.25) is 0 Å². The predicted molar refractivity (Wildman–Crippen MR) is 152 cm³/mol. The fourth-order valence-electron chi connectivity index (χ4n) is 4.74. The van der Waals surface area contributed by atoms with E-state index in [1.807, 2.05) is 42.5 Å². The molecule has 10 nitrogen and oxygen atoms in total. The zero-order chi connectivity index (χ0) is 27.8. The van der Waals surface area contributed by atoms with Crippen molar-refractivity contribution in [2.45, 2.75) is 6.42 Å². The molecule has 0 saturated heterocycles. The van der Waals surface area contributed by atoms with Crippen LogP contribution in [-0.4, -0.2) is 46.0 Å². The molecule has 198 valence electrons. The molecule has 3 N–H and O–H groups in total. The highest BCUT2D eigenvalue weighted by molar-refractivity contribution is 5.97. The second kappa shape index (κ2) is 10.0. The van der Waals surface area contributed by atoms with E-state index in [1.54, 1.807) is 30.7 Å². The number of pyridine rings is 4. The van der Waals surface area contributed by atoms with Gasteiger partial charge >= 0.3 is 0 Å². The van der Waals surface area contributed by atoms with Gasteiger partial charge in [0.2, 0.25) is 5.91 Å². The van der Waals surface area contributed by atoms with Crippen molar-refractivity contribution in [2.75, 3.05) is 5.32 Å². The van der Waals surface area contributed by atoms with Gasteiger partial charge in [0.25, 0.3) is 0 Å². The molecule has 0 unspecified atom stereocenters. The summed E-state index contributed by atoms with van der Waals surface area (Å²) in [5, 5.41) is 10.1. The molecule has 6 aromatic heterocycles. The number of benzene rings is 1. The summed E-state index contributed by atoms with van der Waals surface area (Å²) in [6.07, 6.45) is 9.71. The van der Waals surface area contributed by atoms with E-state index in [4.69, 9.17) is 4.98 Å². The number of anilines is 1. The van der Waals surface area contributed by atoms with Crippen LogP contribution < -0.4 is 5.32 Å². The fraction of sp³-hybridized carbons (Fsp3) is 0.0333. The van der Waals surface area contributed by atoms with E-state index in [9.17, 15) is 4.79 Å². The molecular formula is C30H20FN9O. The average Bonchev–Trinajstić information content (AvgIpc) is 3.63. The smallest absolute Gasteiger partial charge is 0.228 e. The summed E-state index contributed by atoms with van der Waals surface area (Å²) in [5.41, 5.74) is 5.43. The topological polar surface area (TPSA) is 138 Å². The van der Waals surface area contributed by atoms with Crippen LogP contribution in [0.5, 0.6) is 0 Å². The van der Waals surface area contributed by atoms with Crippen LogP contribution in [0.15, 0.2) is 91.8 Å². The highest BCUT2D eigenvalue weighted by atomic mass is 19.1. The fourth-order valence-corrected chi connectivity index (χ4v) is 4.74. The minimum atomic E-state index is -0.541. The number of aromatic nitrogens is 8. The van der Waals surface area contributed by atoms with Gasteiger partial charge in [0.1, 0.15) is 17.0 Å². The molecule has 0 atom stereocenters. The number of hydrogen-bond acceptors (Lipinski definition) is 7. The van der Waals surface area contributed by atoms with Crippen molar-refractivity contribution in [1.82, 2.24) is 40.1 Å².